The summed E-state index contributed by atoms with van der Waals surface area (Å²) >= 11 is 3.50. The van der Waals surface area contributed by atoms with Crippen LogP contribution in [0.5, 0.6) is 0 Å². The van der Waals surface area contributed by atoms with Crippen molar-refractivity contribution in [3.8, 4) is 0 Å². The lowest BCUT2D eigenvalue weighted by atomic mass is 9.79. The molecule has 0 fully saturated rings. The summed E-state index contributed by atoms with van der Waals surface area (Å²) in [5.41, 5.74) is 7.15. The summed E-state index contributed by atoms with van der Waals surface area (Å²) in [5, 5.41) is 4.36. The summed E-state index contributed by atoms with van der Waals surface area (Å²) in [4.78, 5) is 26.9. The van der Waals surface area contributed by atoms with Gasteiger partial charge in [-0.2, -0.15) is 0 Å². The van der Waals surface area contributed by atoms with E-state index < -0.39 is 11.9 Å². The highest BCUT2D eigenvalue weighted by atomic mass is 79.9. The Morgan fingerprint density at radius 2 is 1.69 bits per heavy atom. The first kappa shape index (κ1) is 22.6. The Morgan fingerprint density at radius 3 is 2.44 bits per heavy atom. The zero-order chi connectivity index (χ0) is 25.0. The van der Waals surface area contributed by atoms with Gasteiger partial charge in [0.05, 0.1) is 24.3 Å². The number of dihydropyridines is 1. The van der Waals surface area contributed by atoms with Crippen molar-refractivity contribution >= 4 is 44.3 Å². The zero-order valence-corrected chi connectivity index (χ0v) is 21.4. The second-order valence-corrected chi connectivity index (χ2v) is 10.0. The number of halogens is 1. The first-order chi connectivity index (χ1) is 17.5. The van der Waals surface area contributed by atoms with Crippen molar-refractivity contribution in [3.63, 3.8) is 0 Å². The molecule has 0 amide bonds. The molecule has 36 heavy (non-hydrogen) atoms. The summed E-state index contributed by atoms with van der Waals surface area (Å²) in [6.07, 6.45) is 2.08. The van der Waals surface area contributed by atoms with E-state index in [9.17, 15) is 9.59 Å². The van der Waals surface area contributed by atoms with E-state index in [4.69, 9.17) is 4.74 Å². The Hall–Kier alpha value is -3.90. The van der Waals surface area contributed by atoms with Gasteiger partial charge in [0.1, 0.15) is 0 Å². The summed E-state index contributed by atoms with van der Waals surface area (Å²) in [6, 6.07) is 24.0. The molecule has 2 heterocycles. The van der Waals surface area contributed by atoms with Crippen LogP contribution in [0.15, 0.2) is 100 Å². The molecule has 3 aromatic carbocycles. The van der Waals surface area contributed by atoms with E-state index in [0.717, 1.165) is 37.8 Å². The van der Waals surface area contributed by atoms with Gasteiger partial charge in [-0.05, 0) is 36.2 Å². The minimum absolute atomic E-state index is 0.0586. The van der Waals surface area contributed by atoms with Crippen molar-refractivity contribution in [2.24, 2.45) is 0 Å². The molecule has 0 radical (unpaired) electrons. The van der Waals surface area contributed by atoms with Crippen molar-refractivity contribution in [3.05, 3.63) is 123 Å². The van der Waals surface area contributed by atoms with Crippen molar-refractivity contribution in [2.75, 3.05) is 7.11 Å². The topological polar surface area (TPSA) is 60.3 Å². The number of hydrogen-bond acceptors (Lipinski definition) is 4. The average molecular weight is 539 g/mol. The fourth-order valence-corrected chi connectivity index (χ4v) is 5.71. The van der Waals surface area contributed by atoms with Crippen LogP contribution in [0.2, 0.25) is 0 Å². The van der Waals surface area contributed by atoms with Gasteiger partial charge in [0.15, 0.2) is 5.78 Å². The molecule has 1 aromatic heterocycles. The number of methoxy groups -OCH3 is 1. The number of allylic oxidation sites excluding steroid dienone is 2. The largest absolute Gasteiger partial charge is 0.466 e. The van der Waals surface area contributed by atoms with Crippen molar-refractivity contribution < 1.29 is 14.3 Å². The van der Waals surface area contributed by atoms with Crippen LogP contribution in [0.1, 0.15) is 39.9 Å². The van der Waals surface area contributed by atoms with E-state index in [1.54, 1.807) is 0 Å². The Balaban J connectivity index is 1.57. The van der Waals surface area contributed by atoms with Gasteiger partial charge in [-0.3, -0.25) is 4.79 Å². The SMILES string of the molecule is COC(=O)C1=C(C)NC2=C(C(=O)c3ccccc32)[C@@H]1c1cn(Cc2ccc(Br)cc2)c2ccccc12. The monoisotopic (exact) mass is 538 g/mol. The normalized spacial score (nSPS) is 16.8. The van der Waals surface area contributed by atoms with E-state index in [-0.39, 0.29) is 5.78 Å². The minimum atomic E-state index is -0.551. The van der Waals surface area contributed by atoms with E-state index >= 15 is 0 Å². The molecule has 6 rings (SSSR count). The van der Waals surface area contributed by atoms with Gasteiger partial charge >= 0.3 is 5.97 Å². The molecule has 1 N–H and O–H groups in total. The molecular weight excluding hydrogens is 516 g/mol. The number of rotatable bonds is 4. The predicted molar refractivity (Wildman–Crippen MR) is 143 cm³/mol. The molecule has 0 saturated carbocycles. The maximum atomic E-state index is 13.8. The lowest BCUT2D eigenvalue weighted by Crippen LogP contribution is -2.29. The van der Waals surface area contributed by atoms with Gasteiger partial charge in [0, 0.05) is 50.5 Å². The smallest absolute Gasteiger partial charge is 0.336 e. The maximum Gasteiger partial charge on any atom is 0.336 e. The zero-order valence-electron chi connectivity index (χ0n) is 19.8. The summed E-state index contributed by atoms with van der Waals surface area (Å²) in [6.45, 7) is 2.53. The number of para-hydroxylation sites is 1. The lowest BCUT2D eigenvalue weighted by molar-refractivity contribution is -0.136. The van der Waals surface area contributed by atoms with Crippen molar-refractivity contribution in [2.45, 2.75) is 19.4 Å². The number of fused-ring (bicyclic) bond motifs is 3. The van der Waals surface area contributed by atoms with E-state index in [2.05, 4.69) is 56.3 Å². The first-order valence-electron chi connectivity index (χ1n) is 11.7. The molecule has 0 saturated heterocycles. The second-order valence-electron chi connectivity index (χ2n) is 9.11. The highest BCUT2D eigenvalue weighted by Crippen LogP contribution is 2.48. The molecule has 2 aliphatic rings. The molecule has 1 aliphatic carbocycles. The number of nitrogens with zero attached hydrogens (tertiary/aromatic N) is 1. The van der Waals surface area contributed by atoms with Crippen LogP contribution in [-0.2, 0) is 16.1 Å². The van der Waals surface area contributed by atoms with E-state index in [1.165, 1.54) is 7.11 Å². The van der Waals surface area contributed by atoms with E-state index in [0.29, 0.717) is 29.0 Å². The number of ketones is 1. The fourth-order valence-electron chi connectivity index (χ4n) is 5.44. The maximum absolute atomic E-state index is 13.8. The number of ether oxygens (including phenoxy) is 1. The third kappa shape index (κ3) is 3.44. The summed E-state index contributed by atoms with van der Waals surface area (Å²) < 4.78 is 8.43. The van der Waals surface area contributed by atoms with Crippen molar-refractivity contribution in [1.29, 1.82) is 0 Å². The Morgan fingerprint density at radius 1 is 1.00 bits per heavy atom. The predicted octanol–water partition coefficient (Wildman–Crippen LogP) is 6.19. The number of Topliss-reactive ketones (excluding diaryl/α,β-unsaturated/α-hetero) is 1. The molecule has 178 valence electrons. The molecule has 4 aromatic rings. The van der Waals surface area contributed by atoms with Crippen molar-refractivity contribution in [1.82, 2.24) is 9.88 Å². The van der Waals surface area contributed by atoms with Crippen LogP contribution in [0, 0.1) is 0 Å². The van der Waals surface area contributed by atoms with Gasteiger partial charge in [-0.1, -0.05) is 70.5 Å². The molecule has 0 bridgehead atoms. The number of carbonyl (C=O) groups is 2. The molecule has 6 heteroatoms. The van der Waals surface area contributed by atoms with Crippen LogP contribution in [0.4, 0.5) is 0 Å². The minimum Gasteiger partial charge on any atom is -0.466 e. The third-order valence-electron chi connectivity index (χ3n) is 7.05. The molecular formula is C30H23BrN2O3. The lowest BCUT2D eigenvalue weighted by Gasteiger charge is -2.28. The Kier molecular flexibility index (Phi) is 5.41. The van der Waals surface area contributed by atoms with Gasteiger partial charge in [0.2, 0.25) is 0 Å². The Bertz CT molecular complexity index is 1630. The quantitative estimate of drug-likeness (QED) is 0.314. The number of benzene rings is 3. The fraction of sp³-hybridized carbons (Fsp3) is 0.133. The van der Waals surface area contributed by atoms with Crippen LogP contribution in [0.25, 0.3) is 16.6 Å². The van der Waals surface area contributed by atoms with E-state index in [1.807, 2.05) is 55.5 Å². The number of esters is 1. The standard InChI is InChI=1S/C30H23BrN2O3/c1-17-25(30(35)36-2)26(27-28(32-17)21-8-3-4-9-22(21)29(27)34)23-16-33(24-10-6-5-7-20(23)24)15-18-11-13-19(31)14-12-18/h3-14,16,26,32H,15H2,1-2H3/t26-/m1/s1. The second kappa shape index (κ2) is 8.64. The van der Waals surface area contributed by atoms with Crippen LogP contribution < -0.4 is 5.32 Å². The van der Waals surface area contributed by atoms with Crippen LogP contribution in [0.3, 0.4) is 0 Å². The Labute approximate surface area is 217 Å². The first-order valence-corrected chi connectivity index (χ1v) is 12.5. The van der Waals surface area contributed by atoms with Gasteiger partial charge in [0.25, 0.3) is 0 Å². The number of carbonyl (C=O) groups excluding carboxylic acids is 2. The molecule has 0 spiro atoms. The van der Waals surface area contributed by atoms with Crippen LogP contribution >= 0.6 is 15.9 Å². The summed E-state index contributed by atoms with van der Waals surface area (Å²) in [7, 11) is 1.38. The molecule has 1 aliphatic heterocycles. The highest BCUT2D eigenvalue weighted by molar-refractivity contribution is 9.10. The molecule has 0 unspecified atom stereocenters. The summed E-state index contributed by atoms with van der Waals surface area (Å²) in [5.74, 6) is -1.05. The molecule has 5 nitrogen and oxygen atoms in total. The number of hydrogen-bond donors (Lipinski definition) is 1. The average Bonchev–Trinajstić information content (AvgIpc) is 3.39. The van der Waals surface area contributed by atoms with Gasteiger partial charge in [-0.25, -0.2) is 4.79 Å². The number of aromatic nitrogens is 1. The molecule has 1 atom stereocenters. The highest BCUT2D eigenvalue weighted by Gasteiger charge is 2.43. The number of nitrogens with one attached hydrogen (secondary N) is 1. The third-order valence-corrected chi connectivity index (χ3v) is 7.58. The van der Waals surface area contributed by atoms with Crippen LogP contribution in [-0.4, -0.2) is 23.4 Å². The van der Waals surface area contributed by atoms with Gasteiger partial charge in [-0.15, -0.1) is 0 Å². The van der Waals surface area contributed by atoms with Gasteiger partial charge < -0.3 is 14.6 Å².